The van der Waals surface area contributed by atoms with Crippen LogP contribution in [0.2, 0.25) is 5.02 Å². The highest BCUT2D eigenvalue weighted by molar-refractivity contribution is 7.92. The number of rotatable bonds is 5. The van der Waals surface area contributed by atoms with Crippen molar-refractivity contribution in [1.29, 1.82) is 0 Å². The summed E-state index contributed by atoms with van der Waals surface area (Å²) in [6, 6.07) is 20.3. The Hall–Kier alpha value is -3.16. The summed E-state index contributed by atoms with van der Waals surface area (Å²) >= 11 is 6.04. The predicted molar refractivity (Wildman–Crippen MR) is 122 cm³/mol. The molecule has 3 aromatic carbocycles. The van der Waals surface area contributed by atoms with Gasteiger partial charge in [0.25, 0.3) is 15.9 Å². The van der Waals surface area contributed by atoms with Crippen LogP contribution in [-0.4, -0.2) is 20.0 Å². The predicted octanol–water partition coefficient (Wildman–Crippen LogP) is 4.61. The van der Waals surface area contributed by atoms with Crippen LogP contribution in [0.4, 0.5) is 5.69 Å². The minimum atomic E-state index is -3.92. The zero-order valence-electron chi connectivity index (χ0n) is 16.5. The molecule has 0 radical (unpaired) electrons. The van der Waals surface area contributed by atoms with Gasteiger partial charge in [0.05, 0.1) is 21.3 Å². The van der Waals surface area contributed by atoms with Gasteiger partial charge >= 0.3 is 0 Å². The van der Waals surface area contributed by atoms with E-state index in [1.165, 1.54) is 23.8 Å². The number of hydrogen-bond donors (Lipinski definition) is 2. The number of nitrogens with one attached hydrogen (secondary N) is 2. The number of sulfonamides is 1. The Bertz CT molecular complexity index is 1270. The van der Waals surface area contributed by atoms with E-state index < -0.39 is 15.9 Å². The van der Waals surface area contributed by atoms with Gasteiger partial charge in [-0.05, 0) is 55.2 Å². The van der Waals surface area contributed by atoms with Crippen LogP contribution in [-0.2, 0) is 16.4 Å². The Morgan fingerprint density at radius 2 is 1.71 bits per heavy atom. The number of aryl methyl sites for hydroxylation is 1. The molecule has 0 atom stereocenters. The van der Waals surface area contributed by atoms with E-state index in [2.05, 4.69) is 21.3 Å². The molecule has 158 valence electrons. The summed E-state index contributed by atoms with van der Waals surface area (Å²) in [7, 11) is -3.92. The maximum absolute atomic E-state index is 12.7. The van der Waals surface area contributed by atoms with E-state index in [4.69, 9.17) is 11.6 Å². The van der Waals surface area contributed by atoms with Gasteiger partial charge in [0, 0.05) is 11.1 Å². The first-order valence-corrected chi connectivity index (χ1v) is 11.6. The van der Waals surface area contributed by atoms with E-state index in [0.717, 1.165) is 30.5 Å². The highest BCUT2D eigenvalue weighted by Crippen LogP contribution is 2.24. The van der Waals surface area contributed by atoms with Gasteiger partial charge in [-0.25, -0.2) is 13.8 Å². The standard InChI is InChI=1S/C23H20ClN3O3S/c24-20-12-3-4-13-22(20)27-31(29,30)18-10-5-9-17(15-18)23(28)26-25-21-14-6-8-16-7-1-2-11-19(16)21/h1-5,7,9-13,15,27H,6,8,14H2,(H,26,28). The maximum Gasteiger partial charge on any atom is 0.271 e. The molecule has 4 rings (SSSR count). The van der Waals surface area contributed by atoms with E-state index in [9.17, 15) is 13.2 Å². The molecule has 1 amide bonds. The third-order valence-electron chi connectivity index (χ3n) is 5.01. The van der Waals surface area contributed by atoms with Gasteiger partial charge < -0.3 is 0 Å². The fraction of sp³-hybridized carbons (Fsp3) is 0.130. The number of carbonyl (C=O) groups is 1. The Morgan fingerprint density at radius 3 is 2.55 bits per heavy atom. The number of hydrogen-bond acceptors (Lipinski definition) is 4. The second-order valence-corrected chi connectivity index (χ2v) is 9.21. The normalized spacial score (nSPS) is 14.7. The molecule has 0 saturated carbocycles. The fourth-order valence-electron chi connectivity index (χ4n) is 3.45. The van der Waals surface area contributed by atoms with E-state index in [-0.39, 0.29) is 21.2 Å². The van der Waals surface area contributed by atoms with E-state index >= 15 is 0 Å². The van der Waals surface area contributed by atoms with Crippen molar-refractivity contribution in [3.8, 4) is 0 Å². The van der Waals surface area contributed by atoms with Crippen molar-refractivity contribution in [3.05, 3.63) is 94.5 Å². The molecule has 2 N–H and O–H groups in total. The SMILES string of the molecule is O=C(NN=C1CCCc2ccccc21)c1cccc(S(=O)(=O)Nc2ccccc2Cl)c1. The summed E-state index contributed by atoms with van der Waals surface area (Å²) in [5, 5.41) is 4.59. The zero-order chi connectivity index (χ0) is 21.8. The monoisotopic (exact) mass is 453 g/mol. The summed E-state index contributed by atoms with van der Waals surface area (Å²) in [4.78, 5) is 12.6. The summed E-state index contributed by atoms with van der Waals surface area (Å²) in [6.07, 6.45) is 2.72. The largest absolute Gasteiger partial charge is 0.278 e. The first-order valence-electron chi connectivity index (χ1n) is 9.77. The summed E-state index contributed by atoms with van der Waals surface area (Å²) < 4.78 is 27.9. The molecule has 1 aliphatic rings. The van der Waals surface area contributed by atoms with E-state index in [1.807, 2.05) is 18.2 Å². The van der Waals surface area contributed by atoms with Crippen molar-refractivity contribution in [1.82, 2.24) is 5.43 Å². The molecule has 31 heavy (non-hydrogen) atoms. The number of para-hydroxylation sites is 1. The third kappa shape index (κ3) is 4.78. The van der Waals surface area contributed by atoms with Crippen LogP contribution in [0, 0.1) is 0 Å². The van der Waals surface area contributed by atoms with Gasteiger partial charge in [-0.15, -0.1) is 0 Å². The smallest absolute Gasteiger partial charge is 0.271 e. The van der Waals surface area contributed by atoms with Crippen molar-refractivity contribution in [2.45, 2.75) is 24.2 Å². The Balaban J connectivity index is 1.53. The molecule has 0 spiro atoms. The molecular weight excluding hydrogens is 434 g/mol. The van der Waals surface area contributed by atoms with Crippen LogP contribution in [0.3, 0.4) is 0 Å². The van der Waals surface area contributed by atoms with Crippen LogP contribution in [0.5, 0.6) is 0 Å². The molecule has 0 heterocycles. The summed E-state index contributed by atoms with van der Waals surface area (Å²) in [5.74, 6) is -0.481. The minimum absolute atomic E-state index is 0.0456. The number of halogens is 1. The van der Waals surface area contributed by atoms with Gasteiger partial charge in [0.15, 0.2) is 0 Å². The lowest BCUT2D eigenvalue weighted by atomic mass is 9.90. The average molecular weight is 454 g/mol. The first kappa shape index (κ1) is 21.1. The number of anilines is 1. The topological polar surface area (TPSA) is 87.6 Å². The summed E-state index contributed by atoms with van der Waals surface area (Å²) in [5.41, 5.74) is 6.08. The number of carbonyl (C=O) groups excluding carboxylic acids is 1. The maximum atomic E-state index is 12.7. The number of benzene rings is 3. The number of nitrogens with zero attached hydrogens (tertiary/aromatic N) is 1. The molecular formula is C23H20ClN3O3S. The second-order valence-electron chi connectivity index (χ2n) is 7.12. The van der Waals surface area contributed by atoms with Crippen LogP contribution in [0.25, 0.3) is 0 Å². The Morgan fingerprint density at radius 1 is 0.935 bits per heavy atom. The molecule has 8 heteroatoms. The van der Waals surface area contributed by atoms with Crippen molar-refractivity contribution in [3.63, 3.8) is 0 Å². The van der Waals surface area contributed by atoms with Crippen molar-refractivity contribution in [2.24, 2.45) is 5.10 Å². The number of fused-ring (bicyclic) bond motifs is 1. The van der Waals surface area contributed by atoms with Gasteiger partial charge in [-0.3, -0.25) is 9.52 Å². The highest BCUT2D eigenvalue weighted by atomic mass is 35.5. The molecule has 0 fully saturated rings. The van der Waals surface area contributed by atoms with Crippen molar-refractivity contribution in [2.75, 3.05) is 4.72 Å². The fourth-order valence-corrected chi connectivity index (χ4v) is 4.82. The highest BCUT2D eigenvalue weighted by Gasteiger charge is 2.19. The molecule has 1 aliphatic carbocycles. The number of amides is 1. The molecule has 3 aromatic rings. The molecule has 0 aliphatic heterocycles. The molecule has 0 bridgehead atoms. The van der Waals surface area contributed by atoms with Crippen LogP contribution in [0.15, 0.2) is 82.8 Å². The van der Waals surface area contributed by atoms with E-state index in [1.54, 1.807) is 30.3 Å². The van der Waals surface area contributed by atoms with Crippen LogP contribution >= 0.6 is 11.6 Å². The summed E-state index contributed by atoms with van der Waals surface area (Å²) in [6.45, 7) is 0. The lowest BCUT2D eigenvalue weighted by molar-refractivity contribution is 0.0954. The van der Waals surface area contributed by atoms with Gasteiger partial charge in [0.2, 0.25) is 0 Å². The van der Waals surface area contributed by atoms with E-state index in [0.29, 0.717) is 0 Å². The lowest BCUT2D eigenvalue weighted by Crippen LogP contribution is -2.22. The second kappa shape index (κ2) is 8.91. The van der Waals surface area contributed by atoms with Crippen LogP contribution in [0.1, 0.15) is 34.3 Å². The number of hydrazone groups is 1. The third-order valence-corrected chi connectivity index (χ3v) is 6.70. The minimum Gasteiger partial charge on any atom is -0.278 e. The van der Waals surface area contributed by atoms with Crippen molar-refractivity contribution < 1.29 is 13.2 Å². The zero-order valence-corrected chi connectivity index (χ0v) is 18.1. The van der Waals surface area contributed by atoms with Gasteiger partial charge in [-0.1, -0.05) is 54.1 Å². The Labute approximate surface area is 186 Å². The van der Waals surface area contributed by atoms with Crippen molar-refractivity contribution >= 4 is 38.9 Å². The average Bonchev–Trinajstić information content (AvgIpc) is 2.79. The lowest BCUT2D eigenvalue weighted by Gasteiger charge is -2.17. The quantitative estimate of drug-likeness (QED) is 0.553. The molecule has 0 unspecified atom stereocenters. The molecule has 0 saturated heterocycles. The first-order chi connectivity index (χ1) is 14.9. The Kier molecular flexibility index (Phi) is 6.06. The van der Waals surface area contributed by atoms with Gasteiger partial charge in [0.1, 0.15) is 0 Å². The van der Waals surface area contributed by atoms with Gasteiger partial charge in [-0.2, -0.15) is 5.10 Å². The molecule has 6 nitrogen and oxygen atoms in total. The molecule has 0 aromatic heterocycles. The van der Waals surface area contributed by atoms with Crippen LogP contribution < -0.4 is 10.1 Å².